The summed E-state index contributed by atoms with van der Waals surface area (Å²) < 4.78 is 0. The van der Waals surface area contributed by atoms with Gasteiger partial charge in [-0.15, -0.1) is 0 Å². The number of nitrogen functional groups attached to an aromatic ring is 4. The number of rotatable bonds is 0. The van der Waals surface area contributed by atoms with E-state index in [1.54, 1.807) is 0 Å². The Bertz CT molecular complexity index is 1560. The van der Waals surface area contributed by atoms with Crippen molar-refractivity contribution in [3.63, 3.8) is 0 Å². The summed E-state index contributed by atoms with van der Waals surface area (Å²) in [5, 5.41) is 4.21. The maximum absolute atomic E-state index is 5.89. The van der Waals surface area contributed by atoms with Gasteiger partial charge in [-0.3, -0.25) is 0 Å². The molecule has 0 fully saturated rings. The molecule has 32 heavy (non-hydrogen) atoms. The number of hydrogen-bond donors (Lipinski definition) is 4. The van der Waals surface area contributed by atoms with Crippen molar-refractivity contribution < 1.29 is 0 Å². The van der Waals surface area contributed by atoms with Gasteiger partial charge in [-0.1, -0.05) is 18.2 Å². The van der Waals surface area contributed by atoms with E-state index in [1.165, 1.54) is 0 Å². The lowest BCUT2D eigenvalue weighted by Gasteiger charge is -2.04. The van der Waals surface area contributed by atoms with Crippen LogP contribution in [0.25, 0.3) is 43.6 Å². The molecule has 2 aromatic heterocycles. The van der Waals surface area contributed by atoms with Crippen LogP contribution in [0.4, 0.5) is 22.7 Å². The molecule has 0 spiro atoms. The maximum Gasteiger partial charge on any atom is 0.0938 e. The van der Waals surface area contributed by atoms with Gasteiger partial charge in [0.2, 0.25) is 0 Å². The van der Waals surface area contributed by atoms with Gasteiger partial charge in [0.05, 0.1) is 27.8 Å². The topological polar surface area (TPSA) is 130 Å². The largest absolute Gasteiger partial charge is 0.399 e. The smallest absolute Gasteiger partial charge is 0.0938 e. The van der Waals surface area contributed by atoms with Crippen LogP contribution in [0, 0.1) is 0 Å². The predicted molar refractivity (Wildman–Crippen MR) is 136 cm³/mol. The van der Waals surface area contributed by atoms with Crippen LogP contribution in [-0.2, 0) is 0 Å². The van der Waals surface area contributed by atoms with E-state index in [1.807, 2.05) is 72.8 Å². The summed E-state index contributed by atoms with van der Waals surface area (Å²) in [4.78, 5) is 9.08. The highest BCUT2D eigenvalue weighted by Gasteiger charge is 2.03. The van der Waals surface area contributed by atoms with Crippen molar-refractivity contribution in [1.29, 1.82) is 0 Å². The Hall–Kier alpha value is -4.58. The summed E-state index contributed by atoms with van der Waals surface area (Å²) in [7, 11) is 0. The minimum atomic E-state index is 0.705. The van der Waals surface area contributed by atoms with Crippen molar-refractivity contribution in [2.24, 2.45) is 0 Å². The van der Waals surface area contributed by atoms with Gasteiger partial charge in [-0.2, -0.15) is 0 Å². The molecule has 2 heterocycles. The Morgan fingerprint density at radius 1 is 0.438 bits per heavy atom. The van der Waals surface area contributed by atoms with Gasteiger partial charge >= 0.3 is 0 Å². The van der Waals surface area contributed by atoms with E-state index in [-0.39, 0.29) is 0 Å². The molecule has 0 unspecified atom stereocenters. The summed E-state index contributed by atoms with van der Waals surface area (Å²) in [6.07, 6.45) is 0. The van der Waals surface area contributed by atoms with Crippen LogP contribution in [0.3, 0.4) is 0 Å². The molecular formula is C26H22N6. The minimum absolute atomic E-state index is 0.705. The molecule has 0 saturated heterocycles. The molecule has 6 aromatic rings. The highest BCUT2D eigenvalue weighted by atomic mass is 14.7. The average Bonchev–Trinajstić information content (AvgIpc) is 2.77. The monoisotopic (exact) mass is 418 g/mol. The molecule has 6 heteroatoms. The van der Waals surface area contributed by atoms with Gasteiger partial charge in [0.15, 0.2) is 0 Å². The third kappa shape index (κ3) is 3.65. The lowest BCUT2D eigenvalue weighted by molar-refractivity contribution is 1.50. The number of fused-ring (bicyclic) bond motifs is 4. The molecule has 0 saturated carbocycles. The van der Waals surface area contributed by atoms with Gasteiger partial charge in [-0.05, 0) is 66.7 Å². The van der Waals surface area contributed by atoms with E-state index in [0.29, 0.717) is 5.69 Å². The minimum Gasteiger partial charge on any atom is -0.399 e. The average molecular weight is 419 g/mol. The van der Waals surface area contributed by atoms with Crippen LogP contribution in [0.2, 0.25) is 0 Å². The third-order valence-corrected chi connectivity index (χ3v) is 5.35. The van der Waals surface area contributed by atoms with E-state index in [0.717, 1.165) is 60.7 Å². The molecule has 6 nitrogen and oxygen atoms in total. The number of anilines is 4. The summed E-state index contributed by atoms with van der Waals surface area (Å²) in [5.74, 6) is 0. The first-order valence-electron chi connectivity index (χ1n) is 10.2. The van der Waals surface area contributed by atoms with E-state index in [9.17, 15) is 0 Å². The van der Waals surface area contributed by atoms with Gasteiger partial charge in [0.25, 0.3) is 0 Å². The normalized spacial score (nSPS) is 11.0. The lowest BCUT2D eigenvalue weighted by Crippen LogP contribution is -1.91. The molecule has 0 atom stereocenters. The van der Waals surface area contributed by atoms with Crippen molar-refractivity contribution in [2.75, 3.05) is 22.9 Å². The van der Waals surface area contributed by atoms with E-state index >= 15 is 0 Å². The molecule has 0 aliphatic carbocycles. The van der Waals surface area contributed by atoms with Crippen LogP contribution in [0.5, 0.6) is 0 Å². The summed E-state index contributed by atoms with van der Waals surface area (Å²) in [5.41, 5.74) is 29.7. The molecule has 156 valence electrons. The van der Waals surface area contributed by atoms with Gasteiger partial charge in [0, 0.05) is 38.6 Å². The summed E-state index contributed by atoms with van der Waals surface area (Å²) in [6, 6.07) is 27.0. The van der Waals surface area contributed by atoms with Crippen molar-refractivity contribution in [3.05, 3.63) is 84.9 Å². The van der Waals surface area contributed by atoms with Crippen LogP contribution in [0.1, 0.15) is 0 Å². The number of aromatic nitrogens is 2. The molecule has 0 aliphatic rings. The van der Waals surface area contributed by atoms with Crippen LogP contribution >= 0.6 is 0 Å². The molecule has 6 rings (SSSR count). The number of nitrogens with two attached hydrogens (primary N) is 4. The highest BCUT2D eigenvalue weighted by Crippen LogP contribution is 2.25. The molecule has 8 N–H and O–H groups in total. The fourth-order valence-corrected chi connectivity index (χ4v) is 3.77. The van der Waals surface area contributed by atoms with Crippen LogP contribution in [0.15, 0.2) is 84.9 Å². The predicted octanol–water partition coefficient (Wildman–Crippen LogP) is 5.10. The lowest BCUT2D eigenvalue weighted by atomic mass is 10.1. The SMILES string of the molecule is Nc1ccc2nc3c(N)cccc3cc2c1.Nc1ccc2nc3cc(N)ccc3cc2c1. The first-order valence-corrected chi connectivity index (χ1v) is 10.2. The summed E-state index contributed by atoms with van der Waals surface area (Å²) >= 11 is 0. The number of para-hydroxylation sites is 1. The Kier molecular flexibility index (Phi) is 4.60. The zero-order chi connectivity index (χ0) is 22.2. The second kappa shape index (κ2) is 7.59. The summed E-state index contributed by atoms with van der Waals surface area (Å²) in [6.45, 7) is 0. The van der Waals surface area contributed by atoms with Crippen LogP contribution < -0.4 is 22.9 Å². The zero-order valence-electron chi connectivity index (χ0n) is 17.3. The quantitative estimate of drug-likeness (QED) is 0.200. The third-order valence-electron chi connectivity index (χ3n) is 5.35. The number of hydrogen-bond acceptors (Lipinski definition) is 6. The Balaban J connectivity index is 0.000000135. The Morgan fingerprint density at radius 3 is 1.75 bits per heavy atom. The second-order valence-electron chi connectivity index (χ2n) is 7.75. The van der Waals surface area contributed by atoms with Gasteiger partial charge in [0.1, 0.15) is 0 Å². The van der Waals surface area contributed by atoms with E-state index < -0.39 is 0 Å². The van der Waals surface area contributed by atoms with Crippen molar-refractivity contribution in [3.8, 4) is 0 Å². The number of pyridine rings is 2. The molecule has 0 bridgehead atoms. The fraction of sp³-hybridized carbons (Fsp3) is 0. The standard InChI is InChI=1S/2C13H11N3/c14-10-3-4-12-9(6-10)5-8-1-2-11(15)7-13(8)16-12;14-10-4-5-12-9(7-10)6-8-2-1-3-11(15)13(8)16-12/h2*1-7H,14-15H2. The second-order valence-corrected chi connectivity index (χ2v) is 7.75. The van der Waals surface area contributed by atoms with E-state index in [4.69, 9.17) is 22.9 Å². The molecule has 0 amide bonds. The van der Waals surface area contributed by atoms with Crippen LogP contribution in [-0.4, -0.2) is 9.97 Å². The Morgan fingerprint density at radius 2 is 1.03 bits per heavy atom. The maximum atomic E-state index is 5.89. The Labute approximate surface area is 184 Å². The van der Waals surface area contributed by atoms with Crippen molar-refractivity contribution >= 4 is 66.4 Å². The fourth-order valence-electron chi connectivity index (χ4n) is 3.77. The highest BCUT2D eigenvalue weighted by molar-refractivity contribution is 5.98. The number of nitrogens with zero attached hydrogens (tertiary/aromatic N) is 2. The van der Waals surface area contributed by atoms with Crippen molar-refractivity contribution in [1.82, 2.24) is 9.97 Å². The van der Waals surface area contributed by atoms with E-state index in [2.05, 4.69) is 22.1 Å². The zero-order valence-corrected chi connectivity index (χ0v) is 17.3. The molecule has 4 aromatic carbocycles. The van der Waals surface area contributed by atoms with Crippen molar-refractivity contribution in [2.45, 2.75) is 0 Å². The molecular weight excluding hydrogens is 396 g/mol. The molecule has 0 radical (unpaired) electrons. The number of benzene rings is 4. The van der Waals surface area contributed by atoms with Gasteiger partial charge < -0.3 is 22.9 Å². The molecule has 0 aliphatic heterocycles. The first-order chi connectivity index (χ1) is 15.5. The van der Waals surface area contributed by atoms with Gasteiger partial charge in [-0.25, -0.2) is 9.97 Å². The first kappa shape index (κ1) is 19.4.